The average Bonchev–Trinajstić information content (AvgIpc) is 2.87. The maximum atomic E-state index is 12.3. The minimum atomic E-state index is -0.296. The van der Waals surface area contributed by atoms with Crippen LogP contribution in [0, 0.1) is 6.92 Å². The molecule has 102 valence electrons. The van der Waals surface area contributed by atoms with Gasteiger partial charge in [0.05, 0.1) is 5.56 Å². The molecule has 0 unspecified atom stereocenters. The van der Waals surface area contributed by atoms with Crippen LogP contribution in [0.3, 0.4) is 0 Å². The number of fused-ring (bicyclic) bond motifs is 1. The summed E-state index contributed by atoms with van der Waals surface area (Å²) in [5, 5.41) is 2.80. The monoisotopic (exact) mass is 271 g/mol. The lowest BCUT2D eigenvalue weighted by Gasteiger charge is -2.10. The van der Waals surface area contributed by atoms with E-state index in [2.05, 4.69) is 10.3 Å². The first-order valence-electron chi connectivity index (χ1n) is 6.06. The van der Waals surface area contributed by atoms with Gasteiger partial charge < -0.3 is 20.5 Å². The van der Waals surface area contributed by atoms with Gasteiger partial charge in [0.15, 0.2) is 11.5 Å². The molecular formula is C14H13N3O3. The summed E-state index contributed by atoms with van der Waals surface area (Å²) >= 11 is 0. The third kappa shape index (κ3) is 2.11. The second-order valence-corrected chi connectivity index (χ2v) is 4.44. The molecule has 3 N–H and O–H groups in total. The van der Waals surface area contributed by atoms with E-state index in [4.69, 9.17) is 15.2 Å². The molecule has 0 aliphatic carbocycles. The quantitative estimate of drug-likeness (QED) is 0.815. The number of ether oxygens (including phenoxy) is 2. The van der Waals surface area contributed by atoms with Crippen LogP contribution in [0.15, 0.2) is 30.6 Å². The highest BCUT2D eigenvalue weighted by molar-refractivity contribution is 6.08. The first kappa shape index (κ1) is 12.3. The lowest BCUT2D eigenvalue weighted by Crippen LogP contribution is -2.14. The van der Waals surface area contributed by atoms with Gasteiger partial charge in [0.2, 0.25) is 6.79 Å². The standard InChI is InChI=1S/C14H13N3O3/c1-8-6-16-3-2-11(8)17-14(18)9-4-12-13(5-10(9)15)20-7-19-12/h2-6H,7,15H2,1H3,(H,16,17,18). The predicted octanol–water partition coefficient (Wildman–Crippen LogP) is 1.95. The van der Waals surface area contributed by atoms with Crippen LogP contribution in [0.2, 0.25) is 0 Å². The third-order valence-corrected chi connectivity index (χ3v) is 3.06. The van der Waals surface area contributed by atoms with Gasteiger partial charge in [-0.15, -0.1) is 0 Å². The van der Waals surface area contributed by atoms with E-state index in [0.717, 1.165) is 5.56 Å². The van der Waals surface area contributed by atoms with E-state index in [1.54, 1.807) is 30.6 Å². The fourth-order valence-corrected chi connectivity index (χ4v) is 1.96. The fraction of sp³-hybridized carbons (Fsp3) is 0.143. The Morgan fingerprint density at radius 1 is 1.35 bits per heavy atom. The SMILES string of the molecule is Cc1cnccc1NC(=O)c1cc2c(cc1N)OCO2. The van der Waals surface area contributed by atoms with Crippen LogP contribution in [0.4, 0.5) is 11.4 Å². The van der Waals surface area contributed by atoms with Crippen molar-refractivity contribution in [3.8, 4) is 11.5 Å². The number of amides is 1. The topological polar surface area (TPSA) is 86.5 Å². The number of carbonyl (C=O) groups excluding carboxylic acids is 1. The second-order valence-electron chi connectivity index (χ2n) is 4.44. The number of pyridine rings is 1. The molecule has 20 heavy (non-hydrogen) atoms. The Labute approximate surface area is 115 Å². The van der Waals surface area contributed by atoms with E-state index in [1.165, 1.54) is 0 Å². The largest absolute Gasteiger partial charge is 0.454 e. The molecular weight excluding hydrogens is 258 g/mol. The number of hydrogen-bond acceptors (Lipinski definition) is 5. The number of nitrogens with zero attached hydrogens (tertiary/aromatic N) is 1. The van der Waals surface area contributed by atoms with Crippen molar-refractivity contribution in [2.24, 2.45) is 0 Å². The van der Waals surface area contributed by atoms with Gasteiger partial charge in [0, 0.05) is 29.8 Å². The third-order valence-electron chi connectivity index (χ3n) is 3.06. The second kappa shape index (κ2) is 4.73. The number of nitrogen functional groups attached to an aromatic ring is 1. The van der Waals surface area contributed by atoms with Gasteiger partial charge >= 0.3 is 0 Å². The van der Waals surface area contributed by atoms with Crippen molar-refractivity contribution in [1.82, 2.24) is 4.98 Å². The number of rotatable bonds is 2. The van der Waals surface area contributed by atoms with Crippen LogP contribution in [-0.2, 0) is 0 Å². The number of aromatic nitrogens is 1. The molecule has 3 rings (SSSR count). The summed E-state index contributed by atoms with van der Waals surface area (Å²) < 4.78 is 10.5. The van der Waals surface area contributed by atoms with E-state index in [9.17, 15) is 4.79 Å². The molecule has 2 heterocycles. The minimum absolute atomic E-state index is 0.142. The molecule has 6 heteroatoms. The van der Waals surface area contributed by atoms with Gasteiger partial charge in [-0.05, 0) is 24.6 Å². The number of hydrogen-bond donors (Lipinski definition) is 2. The van der Waals surface area contributed by atoms with E-state index >= 15 is 0 Å². The summed E-state index contributed by atoms with van der Waals surface area (Å²) in [4.78, 5) is 16.3. The van der Waals surface area contributed by atoms with Gasteiger partial charge in [-0.2, -0.15) is 0 Å². The molecule has 0 atom stereocenters. The van der Waals surface area contributed by atoms with Crippen molar-refractivity contribution in [3.05, 3.63) is 41.7 Å². The van der Waals surface area contributed by atoms with Crippen molar-refractivity contribution >= 4 is 17.3 Å². The first-order valence-corrected chi connectivity index (χ1v) is 6.06. The summed E-state index contributed by atoms with van der Waals surface area (Å²) in [6.07, 6.45) is 3.30. The molecule has 1 amide bonds. The Morgan fingerprint density at radius 3 is 2.85 bits per heavy atom. The average molecular weight is 271 g/mol. The summed E-state index contributed by atoms with van der Waals surface area (Å²) in [6, 6.07) is 4.91. The van der Waals surface area contributed by atoms with Crippen LogP contribution in [-0.4, -0.2) is 17.7 Å². The van der Waals surface area contributed by atoms with Crippen molar-refractivity contribution in [1.29, 1.82) is 0 Å². The molecule has 6 nitrogen and oxygen atoms in total. The lowest BCUT2D eigenvalue weighted by molar-refractivity contribution is 0.102. The van der Waals surface area contributed by atoms with Crippen LogP contribution in [0.5, 0.6) is 11.5 Å². The van der Waals surface area contributed by atoms with E-state index in [1.807, 2.05) is 6.92 Å². The Hall–Kier alpha value is -2.76. The molecule has 0 radical (unpaired) electrons. The number of nitrogens with two attached hydrogens (primary N) is 1. The summed E-state index contributed by atoms with van der Waals surface area (Å²) in [6.45, 7) is 2.01. The van der Waals surface area contributed by atoms with E-state index in [0.29, 0.717) is 28.4 Å². The number of carbonyl (C=O) groups is 1. The van der Waals surface area contributed by atoms with Crippen LogP contribution in [0.25, 0.3) is 0 Å². The van der Waals surface area contributed by atoms with Crippen molar-refractivity contribution < 1.29 is 14.3 Å². The maximum Gasteiger partial charge on any atom is 0.257 e. The number of nitrogens with one attached hydrogen (secondary N) is 1. The summed E-state index contributed by atoms with van der Waals surface area (Å²) in [7, 11) is 0. The van der Waals surface area contributed by atoms with Gasteiger partial charge in [0.25, 0.3) is 5.91 Å². The highest BCUT2D eigenvalue weighted by atomic mass is 16.7. The van der Waals surface area contributed by atoms with Crippen LogP contribution in [0.1, 0.15) is 15.9 Å². The van der Waals surface area contributed by atoms with Crippen molar-refractivity contribution in [2.75, 3.05) is 17.8 Å². The molecule has 0 spiro atoms. The summed E-state index contributed by atoms with van der Waals surface area (Å²) in [5.74, 6) is 0.782. The molecule has 0 fully saturated rings. The van der Waals surface area contributed by atoms with E-state index < -0.39 is 0 Å². The predicted molar refractivity (Wildman–Crippen MR) is 73.9 cm³/mol. The normalized spacial score (nSPS) is 12.2. The van der Waals surface area contributed by atoms with E-state index in [-0.39, 0.29) is 12.7 Å². The smallest absolute Gasteiger partial charge is 0.257 e. The molecule has 1 aliphatic rings. The summed E-state index contributed by atoms with van der Waals surface area (Å²) in [5.41, 5.74) is 8.15. The van der Waals surface area contributed by atoms with Crippen molar-refractivity contribution in [3.63, 3.8) is 0 Å². The molecule has 0 saturated heterocycles. The first-order chi connectivity index (χ1) is 9.65. The number of aryl methyl sites for hydroxylation is 1. The minimum Gasteiger partial charge on any atom is -0.454 e. The zero-order valence-corrected chi connectivity index (χ0v) is 10.8. The molecule has 0 bridgehead atoms. The Balaban J connectivity index is 1.90. The fourth-order valence-electron chi connectivity index (χ4n) is 1.96. The van der Waals surface area contributed by atoms with Gasteiger partial charge in [-0.25, -0.2) is 0 Å². The zero-order chi connectivity index (χ0) is 14.1. The van der Waals surface area contributed by atoms with Crippen LogP contribution < -0.4 is 20.5 Å². The molecule has 1 aromatic carbocycles. The highest BCUT2D eigenvalue weighted by Gasteiger charge is 2.20. The van der Waals surface area contributed by atoms with Gasteiger partial charge in [0.1, 0.15) is 0 Å². The molecule has 2 aromatic rings. The molecule has 1 aliphatic heterocycles. The maximum absolute atomic E-state index is 12.3. The zero-order valence-electron chi connectivity index (χ0n) is 10.8. The van der Waals surface area contributed by atoms with Crippen molar-refractivity contribution in [2.45, 2.75) is 6.92 Å². The number of benzene rings is 1. The Morgan fingerprint density at radius 2 is 2.10 bits per heavy atom. The number of anilines is 2. The Bertz CT molecular complexity index is 685. The van der Waals surface area contributed by atoms with Crippen LogP contribution >= 0.6 is 0 Å². The highest BCUT2D eigenvalue weighted by Crippen LogP contribution is 2.36. The molecule has 1 aromatic heterocycles. The lowest BCUT2D eigenvalue weighted by atomic mass is 10.1. The molecule has 0 saturated carbocycles. The van der Waals surface area contributed by atoms with Gasteiger partial charge in [-0.1, -0.05) is 0 Å². The van der Waals surface area contributed by atoms with Gasteiger partial charge in [-0.3, -0.25) is 9.78 Å². The Kier molecular flexibility index (Phi) is 2.90.